The second-order valence-electron chi connectivity index (χ2n) is 10.5. The molecule has 4 heterocycles. The van der Waals surface area contributed by atoms with Crippen LogP contribution in [0.1, 0.15) is 0 Å². The van der Waals surface area contributed by atoms with Gasteiger partial charge in [-0.1, -0.05) is 72.8 Å². The van der Waals surface area contributed by atoms with Crippen LogP contribution in [0.25, 0.3) is 89.6 Å². The Hall–Kier alpha value is -6.21. The monoisotopic (exact) mass is 567 g/mol. The highest BCUT2D eigenvalue weighted by Gasteiger charge is 2.22. The van der Waals surface area contributed by atoms with E-state index in [2.05, 4.69) is 11.1 Å². The zero-order valence-corrected chi connectivity index (χ0v) is 23.2. The van der Waals surface area contributed by atoms with Crippen molar-refractivity contribution in [2.45, 2.75) is 0 Å². The van der Waals surface area contributed by atoms with E-state index in [1.165, 1.54) is 0 Å². The Balaban J connectivity index is 1.41. The molecule has 44 heavy (non-hydrogen) atoms. The minimum Gasteiger partial charge on any atom is -0.456 e. The Labute approximate surface area is 250 Å². The summed E-state index contributed by atoms with van der Waals surface area (Å²) >= 11 is 0. The smallest absolute Gasteiger partial charge is 0.227 e. The SMILES string of the molecule is c1ccc(-c2nc(-c3ccccn3)nc(-c3cc4nc(-c5ccccc5)oc4c4c3ccc3oc5ccccc5c34)n2)cc1. The molecule has 0 fully saturated rings. The molecule has 206 valence electrons. The normalized spacial score (nSPS) is 11.6. The van der Waals surface area contributed by atoms with Gasteiger partial charge in [-0.2, -0.15) is 0 Å². The maximum absolute atomic E-state index is 6.55. The van der Waals surface area contributed by atoms with Gasteiger partial charge in [0.1, 0.15) is 22.4 Å². The molecule has 0 atom stereocenters. The lowest BCUT2D eigenvalue weighted by Crippen LogP contribution is -2.01. The maximum atomic E-state index is 6.55. The topological polar surface area (TPSA) is 90.7 Å². The van der Waals surface area contributed by atoms with Crippen LogP contribution in [-0.2, 0) is 0 Å². The first-order valence-electron chi connectivity index (χ1n) is 14.3. The Morgan fingerprint density at radius 2 is 1.20 bits per heavy atom. The quantitative estimate of drug-likeness (QED) is 0.209. The molecule has 9 aromatic rings. The summed E-state index contributed by atoms with van der Waals surface area (Å²) in [5, 5.41) is 3.78. The average molecular weight is 568 g/mol. The van der Waals surface area contributed by atoms with Crippen molar-refractivity contribution < 1.29 is 8.83 Å². The summed E-state index contributed by atoms with van der Waals surface area (Å²) in [4.78, 5) is 24.4. The van der Waals surface area contributed by atoms with Crippen LogP contribution in [0.3, 0.4) is 0 Å². The van der Waals surface area contributed by atoms with Crippen molar-refractivity contribution in [3.8, 4) is 45.7 Å². The number of rotatable bonds is 4. The molecule has 0 aliphatic heterocycles. The highest BCUT2D eigenvalue weighted by molar-refractivity contribution is 6.27. The van der Waals surface area contributed by atoms with E-state index in [0.29, 0.717) is 40.2 Å². The molecular weight excluding hydrogens is 546 g/mol. The van der Waals surface area contributed by atoms with Gasteiger partial charge in [0.05, 0.1) is 0 Å². The van der Waals surface area contributed by atoms with Crippen LogP contribution < -0.4 is 0 Å². The number of hydrogen-bond donors (Lipinski definition) is 0. The molecule has 0 amide bonds. The van der Waals surface area contributed by atoms with Gasteiger partial charge in [-0.05, 0) is 53.9 Å². The molecule has 0 radical (unpaired) electrons. The van der Waals surface area contributed by atoms with Crippen LogP contribution in [-0.4, -0.2) is 24.9 Å². The largest absolute Gasteiger partial charge is 0.456 e. The lowest BCUT2D eigenvalue weighted by molar-refractivity contribution is 0.623. The van der Waals surface area contributed by atoms with Gasteiger partial charge in [0, 0.05) is 39.0 Å². The fourth-order valence-electron chi connectivity index (χ4n) is 5.81. The number of hydrogen-bond acceptors (Lipinski definition) is 7. The van der Waals surface area contributed by atoms with Gasteiger partial charge in [-0.15, -0.1) is 0 Å². The highest BCUT2D eigenvalue weighted by atomic mass is 16.3. The van der Waals surface area contributed by atoms with Crippen LogP contribution in [0.15, 0.2) is 136 Å². The molecule has 4 aromatic heterocycles. The fourth-order valence-corrected chi connectivity index (χ4v) is 5.81. The number of nitrogens with zero attached hydrogens (tertiary/aromatic N) is 5. The second kappa shape index (κ2) is 9.68. The summed E-state index contributed by atoms with van der Waals surface area (Å²) in [5.74, 6) is 2.11. The number of benzene rings is 5. The molecule has 9 rings (SSSR count). The zero-order valence-electron chi connectivity index (χ0n) is 23.2. The number of oxazole rings is 1. The van der Waals surface area contributed by atoms with Gasteiger partial charge < -0.3 is 8.83 Å². The van der Waals surface area contributed by atoms with Gasteiger partial charge in [0.25, 0.3) is 0 Å². The molecule has 7 nitrogen and oxygen atoms in total. The highest BCUT2D eigenvalue weighted by Crippen LogP contribution is 2.43. The molecule has 0 N–H and O–H groups in total. The van der Waals surface area contributed by atoms with E-state index < -0.39 is 0 Å². The average Bonchev–Trinajstić information content (AvgIpc) is 3.71. The van der Waals surface area contributed by atoms with Crippen molar-refractivity contribution in [3.63, 3.8) is 0 Å². The maximum Gasteiger partial charge on any atom is 0.227 e. The van der Waals surface area contributed by atoms with Crippen LogP contribution in [0.5, 0.6) is 0 Å². The predicted molar refractivity (Wildman–Crippen MR) is 172 cm³/mol. The van der Waals surface area contributed by atoms with E-state index in [0.717, 1.165) is 49.4 Å². The minimum atomic E-state index is 0.489. The second-order valence-corrected chi connectivity index (χ2v) is 10.5. The Bertz CT molecular complexity index is 2430. The molecule has 0 saturated carbocycles. The van der Waals surface area contributed by atoms with Gasteiger partial charge >= 0.3 is 0 Å². The minimum absolute atomic E-state index is 0.489. The summed E-state index contributed by atoms with van der Waals surface area (Å²) in [6, 6.07) is 39.6. The fraction of sp³-hybridized carbons (Fsp3) is 0. The number of pyridine rings is 1. The van der Waals surface area contributed by atoms with Crippen LogP contribution in [0, 0.1) is 0 Å². The molecular formula is C37H21N5O2. The Morgan fingerprint density at radius 1 is 0.477 bits per heavy atom. The van der Waals surface area contributed by atoms with E-state index in [4.69, 9.17) is 28.8 Å². The summed E-state index contributed by atoms with van der Waals surface area (Å²) in [7, 11) is 0. The van der Waals surface area contributed by atoms with Crippen molar-refractivity contribution in [1.29, 1.82) is 0 Å². The van der Waals surface area contributed by atoms with E-state index in [1.807, 2.05) is 115 Å². The number of furan rings is 1. The summed E-state index contributed by atoms with van der Waals surface area (Å²) in [6.45, 7) is 0. The molecule has 0 saturated heterocycles. The molecule has 0 aliphatic carbocycles. The van der Waals surface area contributed by atoms with E-state index in [-0.39, 0.29) is 0 Å². The Morgan fingerprint density at radius 3 is 2.02 bits per heavy atom. The van der Waals surface area contributed by atoms with Crippen molar-refractivity contribution >= 4 is 43.8 Å². The van der Waals surface area contributed by atoms with Crippen molar-refractivity contribution in [3.05, 3.63) is 128 Å². The first-order chi connectivity index (χ1) is 21.8. The lowest BCUT2D eigenvalue weighted by atomic mass is 9.98. The van der Waals surface area contributed by atoms with Gasteiger partial charge in [0.2, 0.25) is 5.89 Å². The summed E-state index contributed by atoms with van der Waals surface area (Å²) in [5.41, 5.74) is 6.21. The van der Waals surface area contributed by atoms with Crippen molar-refractivity contribution in [2.75, 3.05) is 0 Å². The van der Waals surface area contributed by atoms with Gasteiger partial charge in [0.15, 0.2) is 23.1 Å². The third-order valence-electron chi connectivity index (χ3n) is 7.82. The van der Waals surface area contributed by atoms with Crippen LogP contribution in [0.4, 0.5) is 0 Å². The molecule has 0 bridgehead atoms. The predicted octanol–water partition coefficient (Wildman–Crippen LogP) is 9.13. The summed E-state index contributed by atoms with van der Waals surface area (Å²) < 4.78 is 12.8. The van der Waals surface area contributed by atoms with Crippen LogP contribution in [0.2, 0.25) is 0 Å². The van der Waals surface area contributed by atoms with E-state index in [9.17, 15) is 0 Å². The number of fused-ring (bicyclic) bond motifs is 7. The lowest BCUT2D eigenvalue weighted by Gasteiger charge is -2.10. The standard InChI is InChI=1S/C37H21N5O2/c1-3-11-22(12-4-1)34-40-35(42-36(41-34)27-16-9-10-20-38-27)26-21-28-33(44-37(39-28)23-13-5-2-6-14-23)32-24(26)18-19-30-31(32)25-15-7-8-17-29(25)43-30/h1-21H. The number of aromatic nitrogens is 5. The number of para-hydroxylation sites is 1. The van der Waals surface area contributed by atoms with Gasteiger partial charge in [-0.3, -0.25) is 4.98 Å². The van der Waals surface area contributed by atoms with E-state index >= 15 is 0 Å². The van der Waals surface area contributed by atoms with Crippen LogP contribution >= 0.6 is 0 Å². The molecule has 7 heteroatoms. The first-order valence-corrected chi connectivity index (χ1v) is 14.3. The molecule has 5 aromatic carbocycles. The van der Waals surface area contributed by atoms with Crippen molar-refractivity contribution in [1.82, 2.24) is 24.9 Å². The Kier molecular flexibility index (Phi) is 5.36. The third kappa shape index (κ3) is 3.87. The molecule has 0 spiro atoms. The van der Waals surface area contributed by atoms with Crippen molar-refractivity contribution in [2.24, 2.45) is 0 Å². The first kappa shape index (κ1) is 24.4. The summed E-state index contributed by atoms with van der Waals surface area (Å²) in [6.07, 6.45) is 1.74. The van der Waals surface area contributed by atoms with E-state index in [1.54, 1.807) is 6.20 Å². The van der Waals surface area contributed by atoms with Gasteiger partial charge in [-0.25, -0.2) is 19.9 Å². The molecule has 0 aliphatic rings. The zero-order chi connectivity index (χ0) is 29.0. The third-order valence-corrected chi connectivity index (χ3v) is 7.82. The molecule has 0 unspecified atom stereocenters.